The lowest BCUT2D eigenvalue weighted by atomic mass is 10.1. The highest BCUT2D eigenvalue weighted by Crippen LogP contribution is 2.27. The van der Waals surface area contributed by atoms with Crippen molar-refractivity contribution in [2.75, 3.05) is 13.7 Å². The first kappa shape index (κ1) is 11.4. The standard InChI is InChI=1S/C9H12N2O4/c1-15-6-2-3-9(11(13)14)7(4-6)8(10)5-12/h2-4,8,12H,5,10H2,1H3/t8-/m0/s1. The van der Waals surface area contributed by atoms with Crippen LogP contribution in [-0.2, 0) is 0 Å². The second-order valence-corrected chi connectivity index (χ2v) is 2.97. The number of nitrogens with zero attached hydrogens (tertiary/aromatic N) is 1. The fourth-order valence-electron chi connectivity index (χ4n) is 1.22. The van der Waals surface area contributed by atoms with Crippen molar-refractivity contribution in [3.05, 3.63) is 33.9 Å². The number of benzene rings is 1. The molecule has 0 spiro atoms. The molecule has 1 atom stereocenters. The Balaban J connectivity index is 3.22. The molecule has 3 N–H and O–H groups in total. The van der Waals surface area contributed by atoms with E-state index in [-0.39, 0.29) is 17.9 Å². The van der Waals surface area contributed by atoms with Crippen molar-refractivity contribution in [3.63, 3.8) is 0 Å². The molecule has 0 saturated heterocycles. The Hall–Kier alpha value is -1.66. The Morgan fingerprint density at radius 1 is 1.67 bits per heavy atom. The van der Waals surface area contributed by atoms with Crippen LogP contribution in [0.2, 0.25) is 0 Å². The molecule has 82 valence electrons. The molecule has 0 heterocycles. The van der Waals surface area contributed by atoms with Gasteiger partial charge in [-0.2, -0.15) is 0 Å². The monoisotopic (exact) mass is 212 g/mol. The Morgan fingerprint density at radius 2 is 2.33 bits per heavy atom. The maximum atomic E-state index is 10.7. The fourth-order valence-corrected chi connectivity index (χ4v) is 1.22. The van der Waals surface area contributed by atoms with E-state index in [0.29, 0.717) is 5.75 Å². The first-order chi connectivity index (χ1) is 7.10. The van der Waals surface area contributed by atoms with Crippen LogP contribution in [0.15, 0.2) is 18.2 Å². The normalized spacial score (nSPS) is 12.2. The van der Waals surface area contributed by atoms with Crippen molar-refractivity contribution in [1.29, 1.82) is 0 Å². The van der Waals surface area contributed by atoms with Crippen LogP contribution in [0, 0.1) is 10.1 Å². The summed E-state index contributed by atoms with van der Waals surface area (Å²) < 4.78 is 4.92. The largest absolute Gasteiger partial charge is 0.497 e. The molecule has 0 aliphatic carbocycles. The second-order valence-electron chi connectivity index (χ2n) is 2.97. The van der Waals surface area contributed by atoms with Gasteiger partial charge in [0.05, 0.1) is 30.2 Å². The zero-order valence-electron chi connectivity index (χ0n) is 8.21. The number of nitro groups is 1. The number of hydrogen-bond acceptors (Lipinski definition) is 5. The molecule has 1 aromatic carbocycles. The third kappa shape index (κ3) is 2.42. The van der Waals surface area contributed by atoms with Gasteiger partial charge in [0.1, 0.15) is 5.75 Å². The van der Waals surface area contributed by atoms with Crippen LogP contribution in [0.3, 0.4) is 0 Å². The van der Waals surface area contributed by atoms with Gasteiger partial charge in [0, 0.05) is 6.07 Å². The smallest absolute Gasteiger partial charge is 0.274 e. The predicted molar refractivity (Wildman–Crippen MR) is 53.7 cm³/mol. The molecule has 0 unspecified atom stereocenters. The van der Waals surface area contributed by atoms with Crippen LogP contribution in [0.1, 0.15) is 11.6 Å². The molecule has 0 saturated carbocycles. The average Bonchev–Trinajstić information content (AvgIpc) is 2.26. The minimum atomic E-state index is -0.777. The summed E-state index contributed by atoms with van der Waals surface area (Å²) in [6.45, 7) is -0.353. The van der Waals surface area contributed by atoms with Crippen LogP contribution in [0.4, 0.5) is 5.69 Å². The molecule has 0 aliphatic rings. The second kappa shape index (κ2) is 4.72. The van der Waals surface area contributed by atoms with Gasteiger partial charge in [-0.15, -0.1) is 0 Å². The van der Waals surface area contributed by atoms with Crippen molar-refractivity contribution in [3.8, 4) is 5.75 Å². The highest BCUT2D eigenvalue weighted by atomic mass is 16.6. The minimum Gasteiger partial charge on any atom is -0.497 e. The van der Waals surface area contributed by atoms with Crippen molar-refractivity contribution in [2.24, 2.45) is 5.73 Å². The molecule has 0 aromatic heterocycles. The van der Waals surface area contributed by atoms with Gasteiger partial charge in [0.15, 0.2) is 0 Å². The minimum absolute atomic E-state index is 0.114. The van der Waals surface area contributed by atoms with E-state index in [9.17, 15) is 10.1 Å². The van der Waals surface area contributed by atoms with E-state index in [1.807, 2.05) is 0 Å². The first-order valence-electron chi connectivity index (χ1n) is 4.29. The van der Waals surface area contributed by atoms with Gasteiger partial charge in [-0.1, -0.05) is 0 Å². The quantitative estimate of drug-likeness (QED) is 0.562. The summed E-state index contributed by atoms with van der Waals surface area (Å²) in [5, 5.41) is 19.5. The molecule has 1 aromatic rings. The molecule has 15 heavy (non-hydrogen) atoms. The summed E-state index contributed by atoms with van der Waals surface area (Å²) in [7, 11) is 1.45. The number of ether oxygens (including phenoxy) is 1. The summed E-state index contributed by atoms with van der Waals surface area (Å²) in [5.74, 6) is 0.472. The maximum absolute atomic E-state index is 10.7. The number of nitro benzene ring substituents is 1. The van der Waals surface area contributed by atoms with Crippen molar-refractivity contribution < 1.29 is 14.8 Å². The summed E-state index contributed by atoms with van der Waals surface area (Å²) in [6, 6.07) is 3.47. The summed E-state index contributed by atoms with van der Waals surface area (Å²) in [6.07, 6.45) is 0. The molecule has 0 fully saturated rings. The summed E-state index contributed by atoms with van der Waals surface area (Å²) in [5.41, 5.74) is 5.70. The van der Waals surface area contributed by atoms with Gasteiger partial charge in [-0.25, -0.2) is 0 Å². The number of methoxy groups -OCH3 is 1. The van der Waals surface area contributed by atoms with Crippen molar-refractivity contribution in [2.45, 2.75) is 6.04 Å². The molecule has 6 heteroatoms. The predicted octanol–water partition coefficient (Wildman–Crippen LogP) is 0.595. The van der Waals surface area contributed by atoms with Crippen LogP contribution in [0.5, 0.6) is 5.75 Å². The van der Waals surface area contributed by atoms with Gasteiger partial charge in [-0.05, 0) is 12.1 Å². The zero-order chi connectivity index (χ0) is 11.4. The highest BCUT2D eigenvalue weighted by molar-refractivity contribution is 5.47. The number of rotatable bonds is 4. The van der Waals surface area contributed by atoms with Crippen LogP contribution >= 0.6 is 0 Å². The van der Waals surface area contributed by atoms with Gasteiger partial charge in [0.25, 0.3) is 5.69 Å². The number of nitrogens with two attached hydrogens (primary N) is 1. The summed E-state index contributed by atoms with van der Waals surface area (Å²) >= 11 is 0. The molecule has 0 radical (unpaired) electrons. The molecular weight excluding hydrogens is 200 g/mol. The SMILES string of the molecule is COc1ccc([N+](=O)[O-])c([C@@H](N)CO)c1. The van der Waals surface area contributed by atoms with Gasteiger partial charge in [-0.3, -0.25) is 10.1 Å². The van der Waals surface area contributed by atoms with Crippen LogP contribution in [0.25, 0.3) is 0 Å². The van der Waals surface area contributed by atoms with Gasteiger partial charge >= 0.3 is 0 Å². The Kier molecular flexibility index (Phi) is 3.59. The van der Waals surface area contributed by atoms with Crippen LogP contribution in [-0.4, -0.2) is 23.7 Å². The zero-order valence-corrected chi connectivity index (χ0v) is 8.21. The molecule has 0 aliphatic heterocycles. The van der Waals surface area contributed by atoms with Crippen LogP contribution < -0.4 is 10.5 Å². The molecule has 6 nitrogen and oxygen atoms in total. The maximum Gasteiger partial charge on any atom is 0.274 e. The van der Waals surface area contributed by atoms with E-state index >= 15 is 0 Å². The highest BCUT2D eigenvalue weighted by Gasteiger charge is 2.19. The number of aliphatic hydroxyl groups excluding tert-OH is 1. The third-order valence-corrected chi connectivity index (χ3v) is 2.03. The van der Waals surface area contributed by atoms with E-state index in [1.165, 1.54) is 25.3 Å². The van der Waals surface area contributed by atoms with E-state index in [1.54, 1.807) is 0 Å². The van der Waals surface area contributed by atoms with E-state index in [4.69, 9.17) is 15.6 Å². The third-order valence-electron chi connectivity index (χ3n) is 2.03. The Bertz CT molecular complexity index is 367. The van der Waals surface area contributed by atoms with E-state index in [2.05, 4.69) is 0 Å². The number of aliphatic hydroxyl groups is 1. The Morgan fingerprint density at radius 3 is 2.80 bits per heavy atom. The van der Waals surface area contributed by atoms with E-state index < -0.39 is 11.0 Å². The van der Waals surface area contributed by atoms with Crippen molar-refractivity contribution in [1.82, 2.24) is 0 Å². The summed E-state index contributed by atoms with van der Waals surface area (Å²) in [4.78, 5) is 10.1. The molecule has 0 amide bonds. The molecule has 0 bridgehead atoms. The van der Waals surface area contributed by atoms with Crippen molar-refractivity contribution >= 4 is 5.69 Å². The topological polar surface area (TPSA) is 98.6 Å². The van der Waals surface area contributed by atoms with Gasteiger partial charge in [0.2, 0.25) is 0 Å². The van der Waals surface area contributed by atoms with E-state index in [0.717, 1.165) is 0 Å². The number of hydrogen-bond donors (Lipinski definition) is 2. The lowest BCUT2D eigenvalue weighted by molar-refractivity contribution is -0.385. The lowest BCUT2D eigenvalue weighted by Crippen LogP contribution is -2.16. The molecule has 1 rings (SSSR count). The average molecular weight is 212 g/mol. The Labute approximate surface area is 86.4 Å². The fraction of sp³-hybridized carbons (Fsp3) is 0.333. The molecular formula is C9H12N2O4. The van der Waals surface area contributed by atoms with Gasteiger partial charge < -0.3 is 15.6 Å². The lowest BCUT2D eigenvalue weighted by Gasteiger charge is -2.10. The first-order valence-corrected chi connectivity index (χ1v) is 4.29.